The second-order valence-corrected chi connectivity index (χ2v) is 4.13. The second-order valence-electron chi connectivity index (χ2n) is 4.13. The first-order valence-electron chi connectivity index (χ1n) is 5.61. The molecule has 0 aliphatic carbocycles. The van der Waals surface area contributed by atoms with Crippen molar-refractivity contribution in [2.75, 3.05) is 23.7 Å². The second kappa shape index (κ2) is 4.52. The Bertz CT molecular complexity index is 502. The van der Waals surface area contributed by atoms with E-state index in [1.807, 2.05) is 0 Å². The van der Waals surface area contributed by atoms with E-state index in [4.69, 9.17) is 11.5 Å². The molecule has 18 heavy (non-hydrogen) atoms. The lowest BCUT2D eigenvalue weighted by Crippen LogP contribution is -2.54. The Morgan fingerprint density at radius 1 is 1.56 bits per heavy atom. The molecular weight excluding hydrogens is 234 g/mol. The molecule has 1 aliphatic heterocycles. The molecule has 1 atom stereocenters. The number of carbonyl (C=O) groups is 2. The molecule has 1 fully saturated rings. The topological polar surface area (TPSA) is 114 Å². The third-order valence-electron chi connectivity index (χ3n) is 2.93. The van der Waals surface area contributed by atoms with E-state index >= 15 is 0 Å². The van der Waals surface area contributed by atoms with E-state index in [0.717, 1.165) is 0 Å². The molecule has 1 aromatic heterocycles. The van der Waals surface area contributed by atoms with Crippen molar-refractivity contribution in [3.8, 4) is 0 Å². The van der Waals surface area contributed by atoms with Crippen LogP contribution in [0.5, 0.6) is 0 Å². The zero-order chi connectivity index (χ0) is 13.3. The minimum atomic E-state index is -0.620. The van der Waals surface area contributed by atoms with Crippen LogP contribution in [0.15, 0.2) is 12.1 Å². The van der Waals surface area contributed by atoms with Crippen LogP contribution in [0.4, 0.5) is 11.5 Å². The number of hydrogen-bond donors (Lipinski definition) is 3. The number of piperazine rings is 1. The summed E-state index contributed by atoms with van der Waals surface area (Å²) in [4.78, 5) is 28.6. The smallest absolute Gasteiger partial charge is 0.267 e. The average molecular weight is 249 g/mol. The summed E-state index contributed by atoms with van der Waals surface area (Å²) in [6, 6.07) is 2.66. The Morgan fingerprint density at radius 2 is 2.28 bits per heavy atom. The van der Waals surface area contributed by atoms with Crippen molar-refractivity contribution < 1.29 is 9.59 Å². The molecule has 0 radical (unpaired) electrons. The molecule has 0 spiro atoms. The van der Waals surface area contributed by atoms with Crippen LogP contribution in [-0.4, -0.2) is 35.9 Å². The van der Waals surface area contributed by atoms with Crippen molar-refractivity contribution in [2.24, 2.45) is 5.73 Å². The molecular formula is C11H15N5O2. The molecule has 5 N–H and O–H groups in total. The summed E-state index contributed by atoms with van der Waals surface area (Å²) in [5.41, 5.74) is 11.6. The zero-order valence-electron chi connectivity index (χ0n) is 10.0. The maximum atomic E-state index is 11.6. The summed E-state index contributed by atoms with van der Waals surface area (Å²) in [7, 11) is 0. The Kier molecular flexibility index (Phi) is 3.05. The molecule has 2 heterocycles. The molecule has 2 amide bonds. The lowest BCUT2D eigenvalue weighted by molar-refractivity contribution is -0.122. The number of anilines is 2. The van der Waals surface area contributed by atoms with E-state index < -0.39 is 5.91 Å². The van der Waals surface area contributed by atoms with Gasteiger partial charge in [0.05, 0.1) is 5.69 Å². The Balaban J connectivity index is 2.40. The van der Waals surface area contributed by atoms with Gasteiger partial charge in [-0.2, -0.15) is 0 Å². The predicted octanol–water partition coefficient (Wildman–Crippen LogP) is -0.913. The summed E-state index contributed by atoms with van der Waals surface area (Å²) < 4.78 is 0. The number of amides is 2. The first kappa shape index (κ1) is 12.2. The Labute approximate surface area is 104 Å². The summed E-state index contributed by atoms with van der Waals surface area (Å²) in [6.45, 7) is 2.87. The Morgan fingerprint density at radius 3 is 2.94 bits per heavy atom. The highest BCUT2D eigenvalue weighted by Gasteiger charge is 2.28. The molecule has 96 valence electrons. The fourth-order valence-electron chi connectivity index (χ4n) is 1.90. The number of pyridine rings is 1. The summed E-state index contributed by atoms with van der Waals surface area (Å²) in [5.74, 6) is -0.286. The van der Waals surface area contributed by atoms with Crippen LogP contribution < -0.4 is 21.7 Å². The fraction of sp³-hybridized carbons (Fsp3) is 0.364. The van der Waals surface area contributed by atoms with Gasteiger partial charge in [-0.25, -0.2) is 4.98 Å². The first-order valence-corrected chi connectivity index (χ1v) is 5.61. The monoisotopic (exact) mass is 249 g/mol. The number of nitrogens with zero attached hydrogens (tertiary/aromatic N) is 2. The molecule has 1 unspecified atom stereocenters. The molecule has 1 saturated heterocycles. The number of nitrogens with one attached hydrogen (secondary N) is 1. The van der Waals surface area contributed by atoms with Gasteiger partial charge in [-0.15, -0.1) is 0 Å². The van der Waals surface area contributed by atoms with Gasteiger partial charge in [0.15, 0.2) is 5.82 Å². The zero-order valence-corrected chi connectivity index (χ0v) is 10.0. The van der Waals surface area contributed by atoms with Crippen LogP contribution in [0.25, 0.3) is 0 Å². The minimum absolute atomic E-state index is 0.0908. The molecule has 1 aromatic rings. The summed E-state index contributed by atoms with van der Waals surface area (Å²) in [5, 5.41) is 2.75. The van der Waals surface area contributed by atoms with E-state index in [1.165, 1.54) is 6.07 Å². The highest BCUT2D eigenvalue weighted by Crippen LogP contribution is 2.23. The molecule has 0 bridgehead atoms. The standard InChI is InChI=1S/C11H15N5O2/c1-6-11(18)14-4-5-16(6)10-7(12)2-3-8(15-10)9(13)17/h2-3,6H,4-5,12H2,1H3,(H2,13,17)(H,14,18). The van der Waals surface area contributed by atoms with Crippen molar-refractivity contribution >= 4 is 23.3 Å². The number of hydrogen-bond acceptors (Lipinski definition) is 5. The molecule has 7 nitrogen and oxygen atoms in total. The third kappa shape index (κ3) is 2.06. The molecule has 0 saturated carbocycles. The lowest BCUT2D eigenvalue weighted by Gasteiger charge is -2.34. The number of primary amides is 1. The van der Waals surface area contributed by atoms with E-state index in [9.17, 15) is 9.59 Å². The number of carbonyl (C=O) groups excluding carboxylic acids is 2. The van der Waals surface area contributed by atoms with Crippen LogP contribution in [-0.2, 0) is 4.79 Å². The Hall–Kier alpha value is -2.31. The van der Waals surface area contributed by atoms with Gasteiger partial charge in [0, 0.05) is 13.1 Å². The van der Waals surface area contributed by atoms with Gasteiger partial charge in [-0.05, 0) is 19.1 Å². The average Bonchev–Trinajstić information content (AvgIpc) is 2.33. The third-order valence-corrected chi connectivity index (χ3v) is 2.93. The van der Waals surface area contributed by atoms with Crippen molar-refractivity contribution in [3.05, 3.63) is 17.8 Å². The van der Waals surface area contributed by atoms with Gasteiger partial charge < -0.3 is 21.7 Å². The number of nitrogens with two attached hydrogens (primary N) is 2. The van der Waals surface area contributed by atoms with Gasteiger partial charge >= 0.3 is 0 Å². The highest BCUT2D eigenvalue weighted by atomic mass is 16.2. The lowest BCUT2D eigenvalue weighted by atomic mass is 10.2. The quantitative estimate of drug-likeness (QED) is 0.627. The SMILES string of the molecule is CC1C(=O)NCCN1c1nc(C(N)=O)ccc1N. The summed E-state index contributed by atoms with van der Waals surface area (Å²) >= 11 is 0. The van der Waals surface area contributed by atoms with E-state index in [0.29, 0.717) is 24.6 Å². The predicted molar refractivity (Wildman–Crippen MR) is 67.0 cm³/mol. The minimum Gasteiger partial charge on any atom is -0.396 e. The number of aromatic nitrogens is 1. The van der Waals surface area contributed by atoms with Gasteiger partial charge in [-0.1, -0.05) is 0 Å². The molecule has 7 heteroatoms. The molecule has 1 aliphatic rings. The van der Waals surface area contributed by atoms with Crippen LogP contribution in [0.2, 0.25) is 0 Å². The van der Waals surface area contributed by atoms with E-state index in [1.54, 1.807) is 17.9 Å². The van der Waals surface area contributed by atoms with Gasteiger partial charge in [-0.3, -0.25) is 9.59 Å². The van der Waals surface area contributed by atoms with Crippen LogP contribution in [0.3, 0.4) is 0 Å². The van der Waals surface area contributed by atoms with Crippen molar-refractivity contribution in [3.63, 3.8) is 0 Å². The first-order chi connectivity index (χ1) is 8.50. The van der Waals surface area contributed by atoms with Gasteiger partial charge in [0.1, 0.15) is 11.7 Å². The van der Waals surface area contributed by atoms with Crippen LogP contribution in [0.1, 0.15) is 17.4 Å². The fourth-order valence-corrected chi connectivity index (χ4v) is 1.90. The summed E-state index contributed by atoms with van der Waals surface area (Å²) in [6.07, 6.45) is 0. The van der Waals surface area contributed by atoms with E-state index in [2.05, 4.69) is 10.3 Å². The maximum Gasteiger partial charge on any atom is 0.267 e. The normalized spacial score (nSPS) is 19.5. The van der Waals surface area contributed by atoms with Crippen molar-refractivity contribution in [2.45, 2.75) is 13.0 Å². The van der Waals surface area contributed by atoms with Crippen molar-refractivity contribution in [1.82, 2.24) is 10.3 Å². The van der Waals surface area contributed by atoms with E-state index in [-0.39, 0.29) is 17.6 Å². The van der Waals surface area contributed by atoms with Gasteiger partial charge in [0.25, 0.3) is 5.91 Å². The van der Waals surface area contributed by atoms with Crippen molar-refractivity contribution in [1.29, 1.82) is 0 Å². The molecule has 2 rings (SSSR count). The van der Waals surface area contributed by atoms with Gasteiger partial charge in [0.2, 0.25) is 5.91 Å². The van der Waals surface area contributed by atoms with Crippen LogP contribution in [0, 0.1) is 0 Å². The number of rotatable bonds is 2. The maximum absolute atomic E-state index is 11.6. The molecule has 0 aromatic carbocycles. The largest absolute Gasteiger partial charge is 0.396 e. The number of nitrogen functional groups attached to an aromatic ring is 1. The van der Waals surface area contributed by atoms with Crippen LogP contribution >= 0.6 is 0 Å². The highest BCUT2D eigenvalue weighted by molar-refractivity contribution is 5.92.